The minimum Gasteiger partial charge on any atom is -0.313 e. The van der Waals surface area contributed by atoms with Gasteiger partial charge >= 0.3 is 0 Å². The Morgan fingerprint density at radius 1 is 1.25 bits per heavy atom. The van der Waals surface area contributed by atoms with Gasteiger partial charge in [-0.25, -0.2) is 0 Å². The Kier molecular flexibility index (Phi) is 4.00. The number of benzene rings is 1. The molecule has 1 saturated carbocycles. The molecule has 0 aliphatic heterocycles. The molecule has 0 saturated heterocycles. The van der Waals surface area contributed by atoms with Crippen LogP contribution in [0.15, 0.2) is 24.3 Å². The Morgan fingerprint density at radius 2 is 1.94 bits per heavy atom. The van der Waals surface area contributed by atoms with E-state index in [1.54, 1.807) is 0 Å². The second-order valence-electron chi connectivity index (χ2n) is 5.01. The number of aryl methyl sites for hydroxylation is 1. The molecule has 1 fully saturated rings. The van der Waals surface area contributed by atoms with Crippen molar-refractivity contribution in [1.82, 2.24) is 5.32 Å². The van der Waals surface area contributed by atoms with Gasteiger partial charge in [0.25, 0.3) is 0 Å². The van der Waals surface area contributed by atoms with Gasteiger partial charge in [0.1, 0.15) is 0 Å². The van der Waals surface area contributed by atoms with Crippen molar-refractivity contribution >= 4 is 0 Å². The number of hydrogen-bond donors (Lipinski definition) is 1. The molecule has 0 radical (unpaired) electrons. The van der Waals surface area contributed by atoms with Crippen molar-refractivity contribution in [2.24, 2.45) is 5.92 Å². The Balaban J connectivity index is 1.99. The van der Waals surface area contributed by atoms with Crippen LogP contribution in [-0.2, 0) is 6.42 Å². The van der Waals surface area contributed by atoms with E-state index in [9.17, 15) is 0 Å². The first-order valence-corrected chi connectivity index (χ1v) is 6.59. The van der Waals surface area contributed by atoms with E-state index < -0.39 is 0 Å². The molecule has 1 aliphatic carbocycles. The maximum absolute atomic E-state index is 3.44. The maximum Gasteiger partial charge on any atom is 0.0320 e. The standard InChI is InChI=1S/C15H23N/c1-3-4-12-7-9-14(10-8-12)15(16-2)11-13-5-6-13/h7-10,13,15-16H,3-6,11H2,1-2H3. The zero-order chi connectivity index (χ0) is 11.4. The molecule has 0 heterocycles. The highest BCUT2D eigenvalue weighted by molar-refractivity contribution is 5.25. The summed E-state index contributed by atoms with van der Waals surface area (Å²) in [7, 11) is 2.08. The van der Waals surface area contributed by atoms with Gasteiger partial charge in [0.2, 0.25) is 0 Å². The van der Waals surface area contributed by atoms with Crippen LogP contribution in [0, 0.1) is 5.92 Å². The molecule has 0 spiro atoms. The minimum absolute atomic E-state index is 0.558. The van der Waals surface area contributed by atoms with E-state index in [1.807, 2.05) is 0 Å². The molecule has 1 atom stereocenters. The molecule has 2 rings (SSSR count). The van der Waals surface area contributed by atoms with E-state index in [1.165, 1.54) is 43.2 Å². The van der Waals surface area contributed by atoms with Gasteiger partial charge in [0.05, 0.1) is 0 Å². The van der Waals surface area contributed by atoms with Crippen LogP contribution in [0.5, 0.6) is 0 Å². The largest absolute Gasteiger partial charge is 0.313 e. The third kappa shape index (κ3) is 3.08. The topological polar surface area (TPSA) is 12.0 Å². The highest BCUT2D eigenvalue weighted by atomic mass is 14.9. The predicted molar refractivity (Wildman–Crippen MR) is 69.6 cm³/mol. The van der Waals surface area contributed by atoms with E-state index in [4.69, 9.17) is 0 Å². The summed E-state index contributed by atoms with van der Waals surface area (Å²) in [5, 5.41) is 3.44. The molecule has 1 aromatic carbocycles. The van der Waals surface area contributed by atoms with Gasteiger partial charge in [-0.2, -0.15) is 0 Å². The van der Waals surface area contributed by atoms with Crippen LogP contribution in [0.25, 0.3) is 0 Å². The maximum atomic E-state index is 3.44. The van der Waals surface area contributed by atoms with E-state index in [0.29, 0.717) is 6.04 Å². The fraction of sp³-hybridized carbons (Fsp3) is 0.600. The Labute approximate surface area is 99.3 Å². The number of rotatable bonds is 6. The summed E-state index contributed by atoms with van der Waals surface area (Å²) in [4.78, 5) is 0. The van der Waals surface area contributed by atoms with Crippen LogP contribution in [0.4, 0.5) is 0 Å². The van der Waals surface area contributed by atoms with Crippen LogP contribution in [-0.4, -0.2) is 7.05 Å². The molecule has 1 nitrogen and oxygen atoms in total. The molecule has 88 valence electrons. The fourth-order valence-corrected chi connectivity index (χ4v) is 2.31. The van der Waals surface area contributed by atoms with Gasteiger partial charge in [-0.1, -0.05) is 50.5 Å². The van der Waals surface area contributed by atoms with Crippen molar-refractivity contribution in [2.75, 3.05) is 7.05 Å². The molecule has 0 bridgehead atoms. The monoisotopic (exact) mass is 217 g/mol. The van der Waals surface area contributed by atoms with Gasteiger partial charge in [-0.05, 0) is 36.9 Å². The zero-order valence-electron chi connectivity index (χ0n) is 10.5. The van der Waals surface area contributed by atoms with Crippen LogP contribution in [0.3, 0.4) is 0 Å². The predicted octanol–water partition coefficient (Wildman–Crippen LogP) is 3.70. The van der Waals surface area contributed by atoms with E-state index in [2.05, 4.69) is 43.6 Å². The van der Waals surface area contributed by atoms with Crippen LogP contribution in [0.1, 0.15) is 49.8 Å². The van der Waals surface area contributed by atoms with Crippen molar-refractivity contribution in [2.45, 2.75) is 45.1 Å². The summed E-state index contributed by atoms with van der Waals surface area (Å²) in [5.74, 6) is 0.979. The van der Waals surface area contributed by atoms with Gasteiger partial charge in [0.15, 0.2) is 0 Å². The summed E-state index contributed by atoms with van der Waals surface area (Å²) in [6, 6.07) is 9.73. The lowest BCUT2D eigenvalue weighted by atomic mass is 9.99. The Morgan fingerprint density at radius 3 is 2.44 bits per heavy atom. The summed E-state index contributed by atoms with van der Waals surface area (Å²) in [6.07, 6.45) is 6.62. The number of hydrogen-bond acceptors (Lipinski definition) is 1. The van der Waals surface area contributed by atoms with Gasteiger partial charge in [-0.3, -0.25) is 0 Å². The van der Waals surface area contributed by atoms with Gasteiger partial charge in [-0.15, -0.1) is 0 Å². The fourth-order valence-electron chi connectivity index (χ4n) is 2.31. The zero-order valence-corrected chi connectivity index (χ0v) is 10.5. The first-order chi connectivity index (χ1) is 7.83. The van der Waals surface area contributed by atoms with Crippen molar-refractivity contribution in [1.29, 1.82) is 0 Å². The van der Waals surface area contributed by atoms with E-state index >= 15 is 0 Å². The first-order valence-electron chi connectivity index (χ1n) is 6.59. The van der Waals surface area contributed by atoms with Crippen LogP contribution >= 0.6 is 0 Å². The Hall–Kier alpha value is -0.820. The van der Waals surface area contributed by atoms with Crippen molar-refractivity contribution in [3.63, 3.8) is 0 Å². The molecule has 1 aromatic rings. The third-order valence-electron chi connectivity index (χ3n) is 3.54. The highest BCUT2D eigenvalue weighted by Gasteiger charge is 2.25. The summed E-state index contributed by atoms with van der Waals surface area (Å²) >= 11 is 0. The van der Waals surface area contributed by atoms with Gasteiger partial charge in [0, 0.05) is 6.04 Å². The molecular formula is C15H23N. The SMILES string of the molecule is CCCc1ccc(C(CC2CC2)NC)cc1. The Bertz CT molecular complexity index is 311. The molecule has 1 N–H and O–H groups in total. The molecule has 1 aliphatic rings. The van der Waals surface area contributed by atoms with Gasteiger partial charge < -0.3 is 5.32 Å². The summed E-state index contributed by atoms with van der Waals surface area (Å²) in [5.41, 5.74) is 2.92. The molecule has 1 heteroatoms. The molecule has 16 heavy (non-hydrogen) atoms. The quantitative estimate of drug-likeness (QED) is 0.766. The van der Waals surface area contributed by atoms with Crippen LogP contribution in [0.2, 0.25) is 0 Å². The average molecular weight is 217 g/mol. The molecule has 1 unspecified atom stereocenters. The van der Waals surface area contributed by atoms with Crippen molar-refractivity contribution < 1.29 is 0 Å². The lowest BCUT2D eigenvalue weighted by Crippen LogP contribution is -2.16. The summed E-state index contributed by atoms with van der Waals surface area (Å²) in [6.45, 7) is 2.23. The van der Waals surface area contributed by atoms with E-state index in [-0.39, 0.29) is 0 Å². The molecule has 0 aromatic heterocycles. The normalized spacial score (nSPS) is 17.4. The third-order valence-corrected chi connectivity index (χ3v) is 3.54. The smallest absolute Gasteiger partial charge is 0.0320 e. The summed E-state index contributed by atoms with van der Waals surface area (Å²) < 4.78 is 0. The second-order valence-corrected chi connectivity index (χ2v) is 5.01. The second kappa shape index (κ2) is 5.49. The minimum atomic E-state index is 0.558. The molecule has 0 amide bonds. The van der Waals surface area contributed by atoms with Crippen molar-refractivity contribution in [3.05, 3.63) is 35.4 Å². The lowest BCUT2D eigenvalue weighted by Gasteiger charge is -2.16. The molecular weight excluding hydrogens is 194 g/mol. The highest BCUT2D eigenvalue weighted by Crippen LogP contribution is 2.37. The lowest BCUT2D eigenvalue weighted by molar-refractivity contribution is 0.514. The van der Waals surface area contributed by atoms with Crippen LogP contribution < -0.4 is 5.32 Å². The first kappa shape index (κ1) is 11.7. The van der Waals surface area contributed by atoms with Crippen molar-refractivity contribution in [3.8, 4) is 0 Å². The average Bonchev–Trinajstić information content (AvgIpc) is 3.11. The van der Waals surface area contributed by atoms with E-state index in [0.717, 1.165) is 5.92 Å². The number of nitrogens with one attached hydrogen (secondary N) is 1.